The summed E-state index contributed by atoms with van der Waals surface area (Å²) in [4.78, 5) is 12.8. The van der Waals surface area contributed by atoms with Gasteiger partial charge in [-0.05, 0) is 25.3 Å². The average molecular weight is 376 g/mol. The minimum Gasteiger partial charge on any atom is -0.354 e. The highest BCUT2D eigenvalue weighted by molar-refractivity contribution is 5.82. The lowest BCUT2D eigenvalue weighted by Gasteiger charge is -2.39. The van der Waals surface area contributed by atoms with Crippen LogP contribution in [0.5, 0.6) is 0 Å². The highest BCUT2D eigenvalue weighted by Crippen LogP contribution is 2.29. The fourth-order valence-corrected chi connectivity index (χ4v) is 3.04. The SMILES string of the molecule is CO[C@@H]1O[C@@H](CN(C(=O)C(F)(F)F)[C@@H](C)c2ccccc2)CC[C@@H]1NO. The minimum absolute atomic E-state index is 0.230. The second-order valence-corrected chi connectivity index (χ2v) is 6.22. The predicted octanol–water partition coefficient (Wildman–Crippen LogP) is 2.64. The quantitative estimate of drug-likeness (QED) is 0.747. The second-order valence-electron chi connectivity index (χ2n) is 6.22. The van der Waals surface area contributed by atoms with Crippen molar-refractivity contribution in [1.29, 1.82) is 0 Å². The zero-order chi connectivity index (χ0) is 19.3. The fraction of sp³-hybridized carbons (Fsp3) is 0.588. The third-order valence-corrected chi connectivity index (χ3v) is 4.51. The lowest BCUT2D eigenvalue weighted by Crippen LogP contribution is -2.52. The first kappa shape index (κ1) is 20.6. The number of methoxy groups -OCH3 is 1. The van der Waals surface area contributed by atoms with Gasteiger partial charge in [-0.3, -0.25) is 4.79 Å². The zero-order valence-electron chi connectivity index (χ0n) is 14.6. The largest absolute Gasteiger partial charge is 0.471 e. The lowest BCUT2D eigenvalue weighted by atomic mass is 10.0. The molecule has 1 aliphatic rings. The Morgan fingerprint density at radius 3 is 2.58 bits per heavy atom. The van der Waals surface area contributed by atoms with Crippen molar-refractivity contribution in [3.05, 3.63) is 35.9 Å². The highest BCUT2D eigenvalue weighted by atomic mass is 19.4. The molecule has 0 aliphatic carbocycles. The van der Waals surface area contributed by atoms with Crippen LogP contribution in [0, 0.1) is 0 Å². The molecule has 9 heteroatoms. The van der Waals surface area contributed by atoms with Crippen LogP contribution >= 0.6 is 0 Å². The van der Waals surface area contributed by atoms with E-state index in [0.29, 0.717) is 18.4 Å². The number of benzene rings is 1. The van der Waals surface area contributed by atoms with Crippen molar-refractivity contribution in [3.8, 4) is 0 Å². The number of alkyl halides is 3. The van der Waals surface area contributed by atoms with Crippen LogP contribution < -0.4 is 5.48 Å². The molecule has 0 radical (unpaired) electrons. The van der Waals surface area contributed by atoms with Crippen LogP contribution in [-0.4, -0.2) is 54.3 Å². The lowest BCUT2D eigenvalue weighted by molar-refractivity contribution is -0.217. The Bertz CT molecular complexity index is 585. The number of carbonyl (C=O) groups is 1. The first-order valence-corrected chi connectivity index (χ1v) is 8.28. The Morgan fingerprint density at radius 1 is 1.38 bits per heavy atom. The summed E-state index contributed by atoms with van der Waals surface area (Å²) in [5.41, 5.74) is 2.66. The maximum absolute atomic E-state index is 13.1. The van der Waals surface area contributed by atoms with E-state index in [1.54, 1.807) is 37.3 Å². The summed E-state index contributed by atoms with van der Waals surface area (Å²) < 4.78 is 50.0. The fourth-order valence-electron chi connectivity index (χ4n) is 3.04. The van der Waals surface area contributed by atoms with Gasteiger partial charge in [0.1, 0.15) is 0 Å². The molecule has 1 aromatic rings. The monoisotopic (exact) mass is 376 g/mol. The maximum atomic E-state index is 13.1. The first-order chi connectivity index (χ1) is 12.3. The van der Waals surface area contributed by atoms with Crippen molar-refractivity contribution >= 4 is 5.91 Å². The van der Waals surface area contributed by atoms with Crippen molar-refractivity contribution in [2.45, 2.75) is 50.4 Å². The summed E-state index contributed by atoms with van der Waals surface area (Å²) in [6.45, 7) is 1.32. The van der Waals surface area contributed by atoms with Crippen LogP contribution in [0.15, 0.2) is 30.3 Å². The normalized spacial score (nSPS) is 24.9. The second kappa shape index (κ2) is 8.81. The zero-order valence-corrected chi connectivity index (χ0v) is 14.6. The number of nitrogens with one attached hydrogen (secondary N) is 1. The number of hydrogen-bond donors (Lipinski definition) is 2. The van der Waals surface area contributed by atoms with E-state index in [4.69, 9.17) is 14.7 Å². The predicted molar refractivity (Wildman–Crippen MR) is 86.2 cm³/mol. The third-order valence-electron chi connectivity index (χ3n) is 4.51. The van der Waals surface area contributed by atoms with Crippen molar-refractivity contribution in [1.82, 2.24) is 10.4 Å². The Morgan fingerprint density at radius 2 is 2.04 bits per heavy atom. The molecular formula is C17H23F3N2O4. The van der Waals surface area contributed by atoms with Gasteiger partial charge in [0, 0.05) is 13.7 Å². The molecule has 4 atom stereocenters. The Balaban J connectivity index is 2.18. The molecule has 2 N–H and O–H groups in total. The molecule has 1 saturated heterocycles. The van der Waals surface area contributed by atoms with E-state index in [-0.39, 0.29) is 6.54 Å². The number of rotatable bonds is 6. The Kier molecular flexibility index (Phi) is 6.99. The van der Waals surface area contributed by atoms with Crippen molar-refractivity contribution < 1.29 is 32.6 Å². The summed E-state index contributed by atoms with van der Waals surface area (Å²) in [5, 5.41) is 9.07. The van der Waals surface area contributed by atoms with E-state index in [1.165, 1.54) is 7.11 Å². The van der Waals surface area contributed by atoms with Crippen LogP contribution in [0.2, 0.25) is 0 Å². The van der Waals surface area contributed by atoms with Gasteiger partial charge in [0.25, 0.3) is 0 Å². The minimum atomic E-state index is -4.98. The van der Waals surface area contributed by atoms with Crippen molar-refractivity contribution in [3.63, 3.8) is 0 Å². The highest BCUT2D eigenvalue weighted by Gasteiger charge is 2.45. The van der Waals surface area contributed by atoms with E-state index < -0.39 is 36.6 Å². The van der Waals surface area contributed by atoms with Crippen LogP contribution in [-0.2, 0) is 14.3 Å². The van der Waals surface area contributed by atoms with Gasteiger partial charge in [-0.1, -0.05) is 30.3 Å². The van der Waals surface area contributed by atoms with E-state index in [0.717, 1.165) is 4.90 Å². The molecule has 0 unspecified atom stereocenters. The van der Waals surface area contributed by atoms with E-state index in [1.807, 2.05) is 0 Å². The number of nitrogens with zero attached hydrogens (tertiary/aromatic N) is 1. The molecule has 1 aliphatic heterocycles. The maximum Gasteiger partial charge on any atom is 0.471 e. The number of hydrogen-bond acceptors (Lipinski definition) is 5. The van der Waals surface area contributed by atoms with Gasteiger partial charge in [0.15, 0.2) is 6.29 Å². The topological polar surface area (TPSA) is 71.0 Å². The average Bonchev–Trinajstić information content (AvgIpc) is 2.64. The number of amides is 1. The van der Waals surface area contributed by atoms with E-state index in [2.05, 4.69) is 5.48 Å². The van der Waals surface area contributed by atoms with Gasteiger partial charge in [-0.15, -0.1) is 0 Å². The number of carbonyl (C=O) groups excluding carboxylic acids is 1. The van der Waals surface area contributed by atoms with Crippen LogP contribution in [0.3, 0.4) is 0 Å². The summed E-state index contributed by atoms with van der Waals surface area (Å²) in [6, 6.07) is 7.26. The molecule has 0 saturated carbocycles. The number of ether oxygens (including phenoxy) is 2. The van der Waals surface area contributed by atoms with E-state index in [9.17, 15) is 18.0 Å². The molecule has 6 nitrogen and oxygen atoms in total. The van der Waals surface area contributed by atoms with Crippen LogP contribution in [0.4, 0.5) is 13.2 Å². The third kappa shape index (κ3) is 4.94. The molecule has 26 heavy (non-hydrogen) atoms. The summed E-state index contributed by atoms with van der Waals surface area (Å²) in [6.07, 6.45) is -5.61. The molecule has 0 spiro atoms. The molecule has 1 aromatic carbocycles. The van der Waals surface area contributed by atoms with Gasteiger partial charge >= 0.3 is 12.1 Å². The molecule has 146 valence electrons. The van der Waals surface area contributed by atoms with Gasteiger partial charge in [0.2, 0.25) is 0 Å². The number of halogens is 3. The smallest absolute Gasteiger partial charge is 0.354 e. The van der Waals surface area contributed by atoms with Crippen molar-refractivity contribution in [2.24, 2.45) is 0 Å². The molecule has 0 bridgehead atoms. The Hall–Kier alpha value is -1.68. The molecule has 1 amide bonds. The molecule has 0 aromatic heterocycles. The summed E-state index contributed by atoms with van der Waals surface area (Å²) in [7, 11) is 1.38. The van der Waals surface area contributed by atoms with Gasteiger partial charge in [0.05, 0.1) is 18.2 Å². The summed E-state index contributed by atoms with van der Waals surface area (Å²) in [5.74, 6) is -1.91. The summed E-state index contributed by atoms with van der Waals surface area (Å²) >= 11 is 0. The molecule has 1 heterocycles. The first-order valence-electron chi connectivity index (χ1n) is 8.28. The molecule has 1 fully saturated rings. The number of hydroxylamine groups is 1. The van der Waals surface area contributed by atoms with Gasteiger partial charge in [-0.2, -0.15) is 18.7 Å². The van der Waals surface area contributed by atoms with Crippen molar-refractivity contribution in [2.75, 3.05) is 13.7 Å². The van der Waals surface area contributed by atoms with Crippen LogP contribution in [0.25, 0.3) is 0 Å². The van der Waals surface area contributed by atoms with Crippen LogP contribution in [0.1, 0.15) is 31.4 Å². The molecular weight excluding hydrogens is 353 g/mol. The Labute approximate surface area is 149 Å². The van der Waals surface area contributed by atoms with Gasteiger partial charge in [-0.25, -0.2) is 0 Å². The van der Waals surface area contributed by atoms with E-state index >= 15 is 0 Å². The standard InChI is InChI=1S/C17H23F3N2O4/c1-11(12-6-4-3-5-7-12)22(16(23)17(18,19)20)10-13-8-9-14(21-24)15(25-2)26-13/h3-7,11,13-15,21,24H,8-10H2,1-2H3/t11-,13+,14-,15+/m0/s1. The molecule has 2 rings (SSSR count). The van der Waals surface area contributed by atoms with Gasteiger partial charge < -0.3 is 19.6 Å².